The van der Waals surface area contributed by atoms with E-state index >= 15 is 0 Å². The summed E-state index contributed by atoms with van der Waals surface area (Å²) >= 11 is 0. The lowest BCUT2D eigenvalue weighted by Crippen LogP contribution is -2.47. The molecule has 0 radical (unpaired) electrons. The number of carboxylic acids is 1. The maximum absolute atomic E-state index is 11.9. The standard InChI is InChI=1S/C13H15NO5/c1-7(15)11(13(17)18)14-12(16)9-2-3-10-8(6-9)4-5-19-10/h2-3,6-7,11,15H,4-5H2,1H3,(H,14,16)(H,17,18)/t7-,11+/m1/s1. The average Bonchev–Trinajstić information content (AvgIpc) is 2.81. The van der Waals surface area contributed by atoms with Crippen LogP contribution in [0.15, 0.2) is 18.2 Å². The number of aliphatic hydroxyl groups excluding tert-OH is 1. The maximum Gasteiger partial charge on any atom is 0.328 e. The van der Waals surface area contributed by atoms with Gasteiger partial charge in [-0.2, -0.15) is 0 Å². The molecule has 0 spiro atoms. The van der Waals surface area contributed by atoms with Crippen LogP contribution in [0.25, 0.3) is 0 Å². The molecule has 19 heavy (non-hydrogen) atoms. The van der Waals surface area contributed by atoms with E-state index in [2.05, 4.69) is 5.32 Å². The number of aliphatic hydroxyl groups is 1. The zero-order valence-electron chi connectivity index (χ0n) is 10.4. The second-order valence-electron chi connectivity index (χ2n) is 4.45. The van der Waals surface area contributed by atoms with E-state index < -0.39 is 24.0 Å². The molecule has 0 aromatic heterocycles. The molecular formula is C13H15NO5. The number of fused-ring (bicyclic) bond motifs is 1. The Labute approximate surface area is 110 Å². The zero-order chi connectivity index (χ0) is 14.0. The molecule has 0 saturated carbocycles. The number of benzene rings is 1. The number of hydrogen-bond acceptors (Lipinski definition) is 4. The van der Waals surface area contributed by atoms with Crippen LogP contribution in [0.5, 0.6) is 5.75 Å². The van der Waals surface area contributed by atoms with Gasteiger partial charge in [0, 0.05) is 12.0 Å². The van der Waals surface area contributed by atoms with E-state index in [4.69, 9.17) is 9.84 Å². The molecule has 2 atom stereocenters. The fraction of sp³-hybridized carbons (Fsp3) is 0.385. The quantitative estimate of drug-likeness (QED) is 0.722. The van der Waals surface area contributed by atoms with Crippen molar-refractivity contribution in [3.63, 3.8) is 0 Å². The maximum atomic E-state index is 11.9. The number of carbonyl (C=O) groups excluding carboxylic acids is 1. The van der Waals surface area contributed by atoms with Crippen LogP contribution < -0.4 is 10.1 Å². The van der Waals surface area contributed by atoms with Crippen LogP contribution in [0.4, 0.5) is 0 Å². The number of hydrogen-bond donors (Lipinski definition) is 3. The monoisotopic (exact) mass is 265 g/mol. The Bertz CT molecular complexity index is 512. The van der Waals surface area contributed by atoms with Gasteiger partial charge < -0.3 is 20.3 Å². The highest BCUT2D eigenvalue weighted by molar-refractivity contribution is 5.97. The summed E-state index contributed by atoms with van der Waals surface area (Å²) in [6.07, 6.45) is -0.436. The van der Waals surface area contributed by atoms with E-state index in [1.807, 2.05) is 0 Å². The molecule has 1 amide bonds. The number of amides is 1. The van der Waals surface area contributed by atoms with Gasteiger partial charge >= 0.3 is 5.97 Å². The van der Waals surface area contributed by atoms with Gasteiger partial charge in [0.15, 0.2) is 6.04 Å². The molecule has 0 unspecified atom stereocenters. The molecule has 102 valence electrons. The Balaban J connectivity index is 2.13. The van der Waals surface area contributed by atoms with Crippen molar-refractivity contribution in [3.05, 3.63) is 29.3 Å². The minimum Gasteiger partial charge on any atom is -0.493 e. The number of ether oxygens (including phenoxy) is 1. The molecule has 3 N–H and O–H groups in total. The minimum atomic E-state index is -1.32. The number of nitrogens with one attached hydrogen (secondary N) is 1. The Hall–Kier alpha value is -2.08. The molecule has 1 aromatic carbocycles. The third-order valence-corrected chi connectivity index (χ3v) is 2.99. The van der Waals surface area contributed by atoms with Crippen LogP contribution in [-0.2, 0) is 11.2 Å². The predicted octanol–water partition coefficient (Wildman–Crippen LogP) is 0.185. The molecule has 0 aliphatic carbocycles. The predicted molar refractivity (Wildman–Crippen MR) is 66.2 cm³/mol. The topological polar surface area (TPSA) is 95.9 Å². The van der Waals surface area contributed by atoms with Crippen LogP contribution in [0.2, 0.25) is 0 Å². The summed E-state index contributed by atoms with van der Waals surface area (Å²) in [5.41, 5.74) is 1.28. The van der Waals surface area contributed by atoms with Crippen molar-refractivity contribution in [2.75, 3.05) is 6.61 Å². The van der Waals surface area contributed by atoms with E-state index in [-0.39, 0.29) is 0 Å². The van der Waals surface area contributed by atoms with Crippen LogP contribution in [0, 0.1) is 0 Å². The first-order valence-electron chi connectivity index (χ1n) is 5.96. The van der Waals surface area contributed by atoms with E-state index in [9.17, 15) is 14.7 Å². The van der Waals surface area contributed by atoms with Crippen LogP contribution in [0.1, 0.15) is 22.8 Å². The zero-order valence-corrected chi connectivity index (χ0v) is 10.4. The Morgan fingerprint density at radius 3 is 2.79 bits per heavy atom. The molecule has 6 heteroatoms. The summed E-state index contributed by atoms with van der Waals surface area (Å²) in [4.78, 5) is 22.8. The van der Waals surface area contributed by atoms with Crippen molar-refractivity contribution in [2.24, 2.45) is 0 Å². The molecule has 0 bridgehead atoms. The van der Waals surface area contributed by atoms with Gasteiger partial charge in [-0.05, 0) is 30.7 Å². The molecule has 0 saturated heterocycles. The Kier molecular flexibility index (Phi) is 3.71. The first-order valence-corrected chi connectivity index (χ1v) is 5.96. The summed E-state index contributed by atoms with van der Waals surface area (Å²) in [7, 11) is 0. The highest BCUT2D eigenvalue weighted by Gasteiger charge is 2.26. The Morgan fingerprint density at radius 1 is 1.42 bits per heavy atom. The van der Waals surface area contributed by atoms with Crippen LogP contribution in [0.3, 0.4) is 0 Å². The fourth-order valence-electron chi connectivity index (χ4n) is 1.94. The summed E-state index contributed by atoms with van der Waals surface area (Å²) in [6.45, 7) is 1.90. The number of aliphatic carboxylic acids is 1. The molecular weight excluding hydrogens is 250 g/mol. The van der Waals surface area contributed by atoms with E-state index in [0.717, 1.165) is 17.7 Å². The molecule has 1 aliphatic heterocycles. The molecule has 2 rings (SSSR count). The molecule has 1 aromatic rings. The summed E-state index contributed by atoms with van der Waals surface area (Å²) in [5.74, 6) is -1.04. The lowest BCUT2D eigenvalue weighted by molar-refractivity contribution is -0.141. The van der Waals surface area contributed by atoms with Gasteiger partial charge in [-0.15, -0.1) is 0 Å². The highest BCUT2D eigenvalue weighted by atomic mass is 16.5. The van der Waals surface area contributed by atoms with Crippen molar-refractivity contribution in [2.45, 2.75) is 25.5 Å². The Morgan fingerprint density at radius 2 is 2.16 bits per heavy atom. The van der Waals surface area contributed by atoms with Crippen molar-refractivity contribution < 1.29 is 24.5 Å². The normalized spacial score (nSPS) is 16.1. The average molecular weight is 265 g/mol. The van der Waals surface area contributed by atoms with Gasteiger partial charge in [-0.25, -0.2) is 4.79 Å². The second kappa shape index (κ2) is 5.27. The first kappa shape index (κ1) is 13.4. The minimum absolute atomic E-state index is 0.358. The second-order valence-corrected chi connectivity index (χ2v) is 4.45. The number of carboxylic acid groups (broad SMARTS) is 1. The van der Waals surface area contributed by atoms with Gasteiger partial charge in [-0.1, -0.05) is 0 Å². The van der Waals surface area contributed by atoms with Crippen LogP contribution >= 0.6 is 0 Å². The van der Waals surface area contributed by atoms with Gasteiger partial charge in [0.25, 0.3) is 5.91 Å². The fourth-order valence-corrected chi connectivity index (χ4v) is 1.94. The van der Waals surface area contributed by atoms with Crippen LogP contribution in [-0.4, -0.2) is 40.8 Å². The smallest absolute Gasteiger partial charge is 0.328 e. The van der Waals surface area contributed by atoms with Crippen molar-refractivity contribution in [3.8, 4) is 5.75 Å². The molecule has 1 aliphatic rings. The van der Waals surface area contributed by atoms with Gasteiger partial charge in [0.1, 0.15) is 5.75 Å². The van der Waals surface area contributed by atoms with Crippen molar-refractivity contribution >= 4 is 11.9 Å². The van der Waals surface area contributed by atoms with Crippen molar-refractivity contribution in [1.82, 2.24) is 5.32 Å². The molecule has 1 heterocycles. The SMILES string of the molecule is C[C@@H](O)[C@H](NC(=O)c1ccc2c(c1)CCO2)C(=O)O. The summed E-state index contributed by atoms with van der Waals surface area (Å²) in [5, 5.41) is 20.5. The van der Waals surface area contributed by atoms with E-state index in [1.54, 1.807) is 18.2 Å². The summed E-state index contributed by atoms with van der Waals surface area (Å²) < 4.78 is 5.32. The van der Waals surface area contributed by atoms with E-state index in [1.165, 1.54) is 6.92 Å². The lowest BCUT2D eigenvalue weighted by Gasteiger charge is -2.17. The lowest BCUT2D eigenvalue weighted by atomic mass is 10.1. The largest absolute Gasteiger partial charge is 0.493 e. The summed E-state index contributed by atoms with van der Waals surface area (Å²) in [6, 6.07) is 3.62. The first-order chi connectivity index (χ1) is 8.99. The van der Waals surface area contributed by atoms with Crippen molar-refractivity contribution in [1.29, 1.82) is 0 Å². The highest BCUT2D eigenvalue weighted by Crippen LogP contribution is 2.25. The molecule has 0 fully saturated rings. The third-order valence-electron chi connectivity index (χ3n) is 2.99. The van der Waals surface area contributed by atoms with Gasteiger partial charge in [0.05, 0.1) is 12.7 Å². The number of rotatable bonds is 4. The molecule has 6 nitrogen and oxygen atoms in total. The van der Waals surface area contributed by atoms with Gasteiger partial charge in [0.2, 0.25) is 0 Å². The number of carbonyl (C=O) groups is 2. The third kappa shape index (κ3) is 2.85. The van der Waals surface area contributed by atoms with Gasteiger partial charge in [-0.3, -0.25) is 4.79 Å². The van der Waals surface area contributed by atoms with E-state index in [0.29, 0.717) is 12.2 Å².